The Morgan fingerprint density at radius 1 is 1.10 bits per heavy atom. The number of carboxylic acids is 1. The van der Waals surface area contributed by atoms with Crippen LogP contribution in [0, 0.1) is 17.0 Å². The number of hydrogen-bond donors (Lipinski definition) is 1. The van der Waals surface area contributed by atoms with E-state index in [-0.39, 0.29) is 11.3 Å². The second-order valence-corrected chi connectivity index (χ2v) is 6.68. The largest absolute Gasteiger partial charge is 0.478 e. The standard InChI is InChI=1S/C23H16N2O5/c1-14-5-4-7-17-19(23(26)27)13-15(24-22(14)17)9-10-16-11-12-21(30-16)18-6-2-3-8-20(18)25(28)29/h2-13H,1H3,(H,26,27). The Hall–Kier alpha value is -4.26. The lowest BCUT2D eigenvalue weighted by atomic mass is 10.0. The molecule has 0 radical (unpaired) electrons. The maximum Gasteiger partial charge on any atom is 0.336 e. The molecule has 7 heteroatoms. The van der Waals surface area contributed by atoms with Crippen LogP contribution in [0.4, 0.5) is 5.69 Å². The highest BCUT2D eigenvalue weighted by Crippen LogP contribution is 2.31. The van der Waals surface area contributed by atoms with Gasteiger partial charge in [0.15, 0.2) is 0 Å². The van der Waals surface area contributed by atoms with E-state index in [4.69, 9.17) is 4.42 Å². The molecular weight excluding hydrogens is 384 g/mol. The number of furan rings is 1. The highest BCUT2D eigenvalue weighted by atomic mass is 16.6. The summed E-state index contributed by atoms with van der Waals surface area (Å²) in [6.45, 7) is 1.88. The molecule has 0 spiro atoms. The van der Waals surface area contributed by atoms with E-state index in [1.807, 2.05) is 13.0 Å². The first-order chi connectivity index (χ1) is 14.4. The number of nitro groups is 1. The van der Waals surface area contributed by atoms with Crippen LogP contribution < -0.4 is 0 Å². The van der Waals surface area contributed by atoms with E-state index in [2.05, 4.69) is 4.98 Å². The van der Waals surface area contributed by atoms with Crippen LogP contribution in [0.2, 0.25) is 0 Å². The second-order valence-electron chi connectivity index (χ2n) is 6.68. The monoisotopic (exact) mass is 400 g/mol. The third-order valence-corrected chi connectivity index (χ3v) is 4.70. The molecule has 0 saturated carbocycles. The molecule has 2 aromatic heterocycles. The van der Waals surface area contributed by atoms with Crippen LogP contribution in [-0.4, -0.2) is 21.0 Å². The molecule has 2 heterocycles. The number of para-hydroxylation sites is 2. The van der Waals surface area contributed by atoms with Crippen LogP contribution in [0.1, 0.15) is 27.4 Å². The topological polar surface area (TPSA) is 106 Å². The van der Waals surface area contributed by atoms with Gasteiger partial charge in [0.05, 0.1) is 27.3 Å². The van der Waals surface area contributed by atoms with Crippen molar-refractivity contribution < 1.29 is 19.2 Å². The normalized spacial score (nSPS) is 11.2. The van der Waals surface area contributed by atoms with Gasteiger partial charge in [0.2, 0.25) is 0 Å². The Balaban J connectivity index is 1.71. The fraction of sp³-hybridized carbons (Fsp3) is 0.0435. The van der Waals surface area contributed by atoms with Crippen molar-refractivity contribution >= 4 is 34.7 Å². The molecule has 4 rings (SSSR count). The third-order valence-electron chi connectivity index (χ3n) is 4.70. The van der Waals surface area contributed by atoms with Gasteiger partial charge in [-0.25, -0.2) is 9.78 Å². The molecular formula is C23H16N2O5. The minimum atomic E-state index is -1.03. The Morgan fingerprint density at radius 3 is 2.67 bits per heavy atom. The van der Waals surface area contributed by atoms with Crippen molar-refractivity contribution in [3.05, 3.63) is 93.4 Å². The minimum absolute atomic E-state index is 0.0415. The third kappa shape index (κ3) is 3.56. The van der Waals surface area contributed by atoms with Gasteiger partial charge in [-0.1, -0.05) is 30.3 Å². The lowest BCUT2D eigenvalue weighted by Gasteiger charge is -2.06. The van der Waals surface area contributed by atoms with Crippen molar-refractivity contribution in [3.63, 3.8) is 0 Å². The molecule has 0 aliphatic rings. The van der Waals surface area contributed by atoms with Gasteiger partial charge in [0.1, 0.15) is 11.5 Å². The molecule has 0 unspecified atom stereocenters. The summed E-state index contributed by atoms with van der Waals surface area (Å²) in [5.74, 6) is -0.193. The number of aromatic carboxylic acids is 1. The van der Waals surface area contributed by atoms with Crippen LogP contribution in [0.3, 0.4) is 0 Å². The molecule has 7 nitrogen and oxygen atoms in total. The van der Waals surface area contributed by atoms with E-state index in [0.29, 0.717) is 33.7 Å². The van der Waals surface area contributed by atoms with E-state index in [1.54, 1.807) is 54.6 Å². The number of nitro benzene ring substituents is 1. The molecule has 4 aromatic rings. The molecule has 0 saturated heterocycles. The zero-order valence-corrected chi connectivity index (χ0v) is 15.9. The fourth-order valence-electron chi connectivity index (χ4n) is 3.27. The quantitative estimate of drug-likeness (QED) is 0.346. The summed E-state index contributed by atoms with van der Waals surface area (Å²) in [5.41, 5.74) is 2.48. The van der Waals surface area contributed by atoms with Gasteiger partial charge in [-0.2, -0.15) is 0 Å². The Morgan fingerprint density at radius 2 is 1.90 bits per heavy atom. The van der Waals surface area contributed by atoms with Gasteiger partial charge in [-0.3, -0.25) is 10.1 Å². The Bertz CT molecular complexity index is 1320. The number of carbonyl (C=O) groups is 1. The van der Waals surface area contributed by atoms with Gasteiger partial charge < -0.3 is 9.52 Å². The number of pyridine rings is 1. The molecule has 0 aliphatic heterocycles. The molecule has 0 amide bonds. The van der Waals surface area contributed by atoms with Crippen molar-refractivity contribution in [1.82, 2.24) is 4.98 Å². The highest BCUT2D eigenvalue weighted by Gasteiger charge is 2.17. The van der Waals surface area contributed by atoms with Crippen molar-refractivity contribution in [2.75, 3.05) is 0 Å². The first kappa shape index (κ1) is 19.1. The number of aryl methyl sites for hydroxylation is 1. The zero-order valence-electron chi connectivity index (χ0n) is 15.9. The van der Waals surface area contributed by atoms with Crippen molar-refractivity contribution in [2.24, 2.45) is 0 Å². The average Bonchev–Trinajstić information content (AvgIpc) is 3.21. The maximum atomic E-state index is 11.7. The lowest BCUT2D eigenvalue weighted by molar-refractivity contribution is -0.384. The van der Waals surface area contributed by atoms with E-state index >= 15 is 0 Å². The van der Waals surface area contributed by atoms with E-state index < -0.39 is 10.9 Å². The summed E-state index contributed by atoms with van der Waals surface area (Å²) in [7, 11) is 0. The molecule has 0 aliphatic carbocycles. The van der Waals surface area contributed by atoms with Crippen LogP contribution in [0.5, 0.6) is 0 Å². The maximum absolute atomic E-state index is 11.7. The number of benzene rings is 2. The Labute approximate surface area is 171 Å². The van der Waals surface area contributed by atoms with Gasteiger partial charge in [-0.15, -0.1) is 0 Å². The van der Waals surface area contributed by atoms with Gasteiger partial charge >= 0.3 is 5.97 Å². The summed E-state index contributed by atoms with van der Waals surface area (Å²) in [4.78, 5) is 27.0. The number of carboxylic acid groups (broad SMARTS) is 1. The van der Waals surface area contributed by atoms with Crippen LogP contribution in [-0.2, 0) is 0 Å². The number of nitrogens with zero attached hydrogens (tertiary/aromatic N) is 2. The van der Waals surface area contributed by atoms with Gasteiger partial charge in [0, 0.05) is 11.5 Å². The van der Waals surface area contributed by atoms with E-state index in [1.165, 1.54) is 12.1 Å². The van der Waals surface area contributed by atoms with Gasteiger partial charge in [-0.05, 0) is 48.9 Å². The number of hydrogen-bond acceptors (Lipinski definition) is 5. The van der Waals surface area contributed by atoms with Crippen molar-refractivity contribution in [2.45, 2.75) is 6.92 Å². The fourth-order valence-corrected chi connectivity index (χ4v) is 3.27. The van der Waals surface area contributed by atoms with E-state index in [0.717, 1.165) is 5.56 Å². The summed E-state index contributed by atoms with van der Waals surface area (Å²) < 4.78 is 5.74. The number of fused-ring (bicyclic) bond motifs is 1. The molecule has 0 atom stereocenters. The van der Waals surface area contributed by atoms with Crippen molar-refractivity contribution in [1.29, 1.82) is 0 Å². The molecule has 2 aromatic carbocycles. The second kappa shape index (κ2) is 7.63. The minimum Gasteiger partial charge on any atom is -0.478 e. The predicted octanol–water partition coefficient (Wildman–Crippen LogP) is 5.58. The summed E-state index contributed by atoms with van der Waals surface area (Å²) in [6, 6.07) is 16.6. The lowest BCUT2D eigenvalue weighted by Crippen LogP contribution is -2.01. The van der Waals surface area contributed by atoms with Crippen molar-refractivity contribution in [3.8, 4) is 11.3 Å². The molecule has 30 heavy (non-hydrogen) atoms. The highest BCUT2D eigenvalue weighted by molar-refractivity contribution is 6.03. The molecule has 0 fully saturated rings. The first-order valence-electron chi connectivity index (χ1n) is 9.09. The molecule has 148 valence electrons. The zero-order chi connectivity index (χ0) is 21.3. The first-order valence-corrected chi connectivity index (χ1v) is 9.09. The predicted molar refractivity (Wildman–Crippen MR) is 113 cm³/mol. The van der Waals surface area contributed by atoms with Crippen LogP contribution in [0.25, 0.3) is 34.4 Å². The number of aromatic nitrogens is 1. The molecule has 0 bridgehead atoms. The van der Waals surface area contributed by atoms with Gasteiger partial charge in [0.25, 0.3) is 5.69 Å². The Kier molecular flexibility index (Phi) is 4.85. The summed E-state index contributed by atoms with van der Waals surface area (Å²) in [5, 5.41) is 21.4. The van der Waals surface area contributed by atoms with E-state index in [9.17, 15) is 20.0 Å². The molecule has 1 N–H and O–H groups in total. The number of rotatable bonds is 5. The van der Waals surface area contributed by atoms with Crippen LogP contribution in [0.15, 0.2) is 65.1 Å². The summed E-state index contributed by atoms with van der Waals surface area (Å²) in [6.07, 6.45) is 3.30. The average molecular weight is 400 g/mol. The van der Waals surface area contributed by atoms with Crippen LogP contribution >= 0.6 is 0 Å². The smallest absolute Gasteiger partial charge is 0.336 e. The summed E-state index contributed by atoms with van der Waals surface area (Å²) >= 11 is 0. The SMILES string of the molecule is Cc1cccc2c(C(=O)O)cc(C=Cc3ccc(-c4ccccc4[N+](=O)[O-])o3)nc12.